The van der Waals surface area contributed by atoms with E-state index in [2.05, 4.69) is 15.0 Å². The van der Waals surface area contributed by atoms with E-state index in [1.54, 1.807) is 17.0 Å². The number of carbonyl (C=O) groups is 1. The minimum Gasteiger partial charge on any atom is -0.379 e. The van der Waals surface area contributed by atoms with E-state index in [4.69, 9.17) is 10.00 Å². The van der Waals surface area contributed by atoms with E-state index in [1.807, 2.05) is 35.4 Å². The third kappa shape index (κ3) is 6.17. The van der Waals surface area contributed by atoms with E-state index in [1.165, 1.54) is 11.1 Å². The predicted molar refractivity (Wildman–Crippen MR) is 143 cm³/mol. The maximum absolute atomic E-state index is 13.8. The fourth-order valence-corrected chi connectivity index (χ4v) is 5.28. The second-order valence-corrected chi connectivity index (χ2v) is 9.86. The standard InChI is InChI=1S/C28H28F3N7O3/c29-28(30,31)26-22(16-34-35-27(26)40)38-17-20-4-1-2-5-21(20)23(38)18-41-13-3-6-25(39)37-11-9-36(10-12-37)24-8-7-19(14-32)15-33-24/h1-2,4-5,7-8,15-16,23H,3,6,9-13,17-18H2,(H,35,40). The number of hydrogen-bond donors (Lipinski definition) is 1. The molecular formula is C28H28F3N7O3. The van der Waals surface area contributed by atoms with Crippen molar-refractivity contribution in [1.82, 2.24) is 20.1 Å². The van der Waals surface area contributed by atoms with E-state index >= 15 is 0 Å². The molecule has 0 bridgehead atoms. The molecule has 1 amide bonds. The third-order valence-electron chi connectivity index (χ3n) is 7.35. The highest BCUT2D eigenvalue weighted by Crippen LogP contribution is 2.42. The summed E-state index contributed by atoms with van der Waals surface area (Å²) >= 11 is 0. The molecule has 4 heterocycles. The maximum Gasteiger partial charge on any atom is 0.423 e. The van der Waals surface area contributed by atoms with Crippen LogP contribution in [0.4, 0.5) is 24.7 Å². The summed E-state index contributed by atoms with van der Waals surface area (Å²) in [5, 5.41) is 14.4. The number of nitrogens with zero attached hydrogens (tertiary/aromatic N) is 6. The van der Waals surface area contributed by atoms with Crippen LogP contribution in [-0.2, 0) is 22.3 Å². The number of alkyl halides is 3. The molecule has 10 nitrogen and oxygen atoms in total. The van der Waals surface area contributed by atoms with Crippen molar-refractivity contribution in [1.29, 1.82) is 5.26 Å². The summed E-state index contributed by atoms with van der Waals surface area (Å²) in [7, 11) is 0. The Morgan fingerprint density at radius 1 is 1.12 bits per heavy atom. The topological polar surface area (TPSA) is 118 Å². The SMILES string of the molecule is N#Cc1ccc(N2CCN(C(=O)CCCOCC3c4ccccc4CN3c3cn[nH]c(=O)c3C(F)(F)F)CC2)nc1. The van der Waals surface area contributed by atoms with Crippen molar-refractivity contribution in [3.63, 3.8) is 0 Å². The van der Waals surface area contributed by atoms with Crippen molar-refractivity contribution >= 4 is 17.4 Å². The largest absolute Gasteiger partial charge is 0.423 e. The molecule has 2 aliphatic heterocycles. The van der Waals surface area contributed by atoms with Crippen LogP contribution >= 0.6 is 0 Å². The summed E-state index contributed by atoms with van der Waals surface area (Å²) in [6.45, 7) is 2.91. The summed E-state index contributed by atoms with van der Waals surface area (Å²) in [6, 6.07) is 12.3. The number of piperazine rings is 1. The summed E-state index contributed by atoms with van der Waals surface area (Å²) in [6.07, 6.45) is -1.54. The van der Waals surface area contributed by atoms with E-state index in [0.717, 1.165) is 23.1 Å². The first-order valence-electron chi connectivity index (χ1n) is 13.2. The van der Waals surface area contributed by atoms with Crippen molar-refractivity contribution in [2.45, 2.75) is 31.6 Å². The molecule has 1 N–H and O–H groups in total. The van der Waals surface area contributed by atoms with Crippen molar-refractivity contribution in [3.05, 3.63) is 81.4 Å². The minimum absolute atomic E-state index is 0.0123. The zero-order valence-corrected chi connectivity index (χ0v) is 22.1. The molecule has 1 atom stereocenters. The third-order valence-corrected chi connectivity index (χ3v) is 7.35. The Morgan fingerprint density at radius 3 is 2.61 bits per heavy atom. The van der Waals surface area contributed by atoms with Gasteiger partial charge in [-0.25, -0.2) is 10.1 Å². The minimum atomic E-state index is -4.85. The van der Waals surface area contributed by atoms with Crippen LogP contribution in [0.5, 0.6) is 0 Å². The molecule has 1 aromatic carbocycles. The Hall–Kier alpha value is -4.44. The van der Waals surface area contributed by atoms with Crippen LogP contribution in [0.15, 0.2) is 53.6 Å². The molecule has 5 rings (SSSR count). The number of aromatic nitrogens is 3. The van der Waals surface area contributed by atoms with Crippen LogP contribution in [0.1, 0.15) is 41.1 Å². The molecule has 3 aromatic rings. The fraction of sp³-hybridized carbons (Fsp3) is 0.393. The second-order valence-electron chi connectivity index (χ2n) is 9.86. The van der Waals surface area contributed by atoms with Gasteiger partial charge in [-0.2, -0.15) is 23.5 Å². The maximum atomic E-state index is 13.8. The van der Waals surface area contributed by atoms with Gasteiger partial charge in [0.2, 0.25) is 5.91 Å². The van der Waals surface area contributed by atoms with Gasteiger partial charge in [0.25, 0.3) is 5.56 Å². The Kier molecular flexibility index (Phi) is 8.21. The molecule has 0 radical (unpaired) electrons. The fourth-order valence-electron chi connectivity index (χ4n) is 5.28. The molecule has 0 aliphatic carbocycles. The van der Waals surface area contributed by atoms with Gasteiger partial charge in [0.1, 0.15) is 17.5 Å². The number of hydrogen-bond acceptors (Lipinski definition) is 8. The first kappa shape index (κ1) is 28.1. The molecular weight excluding hydrogens is 539 g/mol. The molecule has 1 unspecified atom stereocenters. The average Bonchev–Trinajstić information content (AvgIpc) is 3.34. The van der Waals surface area contributed by atoms with Crippen molar-refractivity contribution < 1.29 is 22.7 Å². The van der Waals surface area contributed by atoms with Crippen molar-refractivity contribution in [2.24, 2.45) is 0 Å². The van der Waals surface area contributed by atoms with E-state index in [-0.39, 0.29) is 37.8 Å². The lowest BCUT2D eigenvalue weighted by molar-refractivity contribution is -0.138. The molecule has 1 fully saturated rings. The van der Waals surface area contributed by atoms with Gasteiger partial charge in [-0.15, -0.1) is 0 Å². The molecule has 0 spiro atoms. The Morgan fingerprint density at radius 2 is 1.90 bits per heavy atom. The van der Waals surface area contributed by atoms with E-state index in [0.29, 0.717) is 38.2 Å². The van der Waals surface area contributed by atoms with E-state index in [9.17, 15) is 22.8 Å². The lowest BCUT2D eigenvalue weighted by Gasteiger charge is -2.35. The Labute approximate surface area is 234 Å². The van der Waals surface area contributed by atoms with Crippen molar-refractivity contribution in [2.75, 3.05) is 49.2 Å². The number of anilines is 2. The first-order chi connectivity index (χ1) is 19.8. The number of carbonyl (C=O) groups excluding carboxylic acids is 1. The number of nitriles is 1. The molecule has 13 heteroatoms. The smallest absolute Gasteiger partial charge is 0.379 e. The normalized spacial score (nSPS) is 16.9. The van der Waals surface area contributed by atoms with Crippen LogP contribution in [0.3, 0.4) is 0 Å². The lowest BCUT2D eigenvalue weighted by Crippen LogP contribution is -2.49. The molecule has 0 saturated carbocycles. The van der Waals surface area contributed by atoms with Gasteiger partial charge in [0.15, 0.2) is 0 Å². The number of amides is 1. The lowest BCUT2D eigenvalue weighted by atomic mass is 10.1. The number of aromatic amines is 1. The van der Waals surface area contributed by atoms with Gasteiger partial charge in [-0.3, -0.25) is 9.59 Å². The summed E-state index contributed by atoms with van der Waals surface area (Å²) < 4.78 is 47.2. The highest BCUT2D eigenvalue weighted by molar-refractivity contribution is 5.76. The molecule has 41 heavy (non-hydrogen) atoms. The van der Waals surface area contributed by atoms with Crippen LogP contribution < -0.4 is 15.4 Å². The number of halogens is 3. The monoisotopic (exact) mass is 567 g/mol. The highest BCUT2D eigenvalue weighted by atomic mass is 19.4. The van der Waals surface area contributed by atoms with Crippen LogP contribution in [0.2, 0.25) is 0 Å². The summed E-state index contributed by atoms with van der Waals surface area (Å²) in [4.78, 5) is 34.5. The molecule has 1 saturated heterocycles. The highest BCUT2D eigenvalue weighted by Gasteiger charge is 2.41. The van der Waals surface area contributed by atoms with Gasteiger partial charge < -0.3 is 19.4 Å². The van der Waals surface area contributed by atoms with Crippen LogP contribution in [0, 0.1) is 11.3 Å². The summed E-state index contributed by atoms with van der Waals surface area (Å²) in [5.74, 6) is 0.781. The van der Waals surface area contributed by atoms with Crippen molar-refractivity contribution in [3.8, 4) is 6.07 Å². The number of fused-ring (bicyclic) bond motifs is 1. The number of H-pyrrole nitrogens is 1. The molecule has 2 aliphatic rings. The number of benzene rings is 1. The number of ether oxygens (including phenoxy) is 1. The predicted octanol–water partition coefficient (Wildman–Crippen LogP) is 3.26. The molecule has 214 valence electrons. The zero-order valence-electron chi connectivity index (χ0n) is 22.1. The average molecular weight is 568 g/mol. The number of pyridine rings is 1. The Balaban J connectivity index is 1.14. The van der Waals surface area contributed by atoms with Gasteiger partial charge in [0.05, 0.1) is 30.1 Å². The van der Waals surface area contributed by atoms with Gasteiger partial charge in [0, 0.05) is 51.9 Å². The first-order valence-corrected chi connectivity index (χ1v) is 13.2. The second kappa shape index (κ2) is 12.0. The number of rotatable bonds is 8. The van der Waals surface area contributed by atoms with Crippen LogP contribution in [0.25, 0.3) is 0 Å². The summed E-state index contributed by atoms with van der Waals surface area (Å²) in [5.41, 5.74) is -0.708. The van der Waals surface area contributed by atoms with Gasteiger partial charge >= 0.3 is 6.18 Å². The van der Waals surface area contributed by atoms with Gasteiger partial charge in [-0.1, -0.05) is 24.3 Å². The van der Waals surface area contributed by atoms with Crippen LogP contribution in [-0.4, -0.2) is 65.4 Å². The molecule has 2 aromatic heterocycles. The number of nitrogens with one attached hydrogen (secondary N) is 1. The quantitative estimate of drug-likeness (QED) is 0.412. The Bertz CT molecular complexity index is 1480. The zero-order chi connectivity index (χ0) is 29.0. The van der Waals surface area contributed by atoms with Gasteiger partial charge in [-0.05, 0) is 29.7 Å². The van der Waals surface area contributed by atoms with E-state index < -0.39 is 23.3 Å².